The average molecular weight is 251 g/mol. The van der Waals surface area contributed by atoms with E-state index >= 15 is 0 Å². The van der Waals surface area contributed by atoms with Gasteiger partial charge in [-0.25, -0.2) is 10.8 Å². The summed E-state index contributed by atoms with van der Waals surface area (Å²) in [6.45, 7) is 3.17. The number of nitrogens with one attached hydrogen (secondary N) is 1. The van der Waals surface area contributed by atoms with Crippen molar-refractivity contribution in [3.8, 4) is 0 Å². The highest BCUT2D eigenvalue weighted by Crippen LogP contribution is 2.05. The molecule has 1 unspecified atom stereocenters. The van der Waals surface area contributed by atoms with Gasteiger partial charge in [-0.3, -0.25) is 15.2 Å². The molecule has 0 aliphatic rings. The Balaban J connectivity index is 2.68. The zero-order chi connectivity index (χ0) is 13.7. The Morgan fingerprint density at radius 2 is 2.28 bits per heavy atom. The third-order valence-corrected chi connectivity index (χ3v) is 2.27. The largest absolute Gasteiger partial charge is 0.464 e. The van der Waals surface area contributed by atoms with E-state index in [9.17, 15) is 4.79 Å². The fourth-order valence-corrected chi connectivity index (χ4v) is 1.25. The highest BCUT2D eigenvalue weighted by Gasteiger charge is 2.17. The van der Waals surface area contributed by atoms with Crippen molar-refractivity contribution in [3.05, 3.63) is 23.9 Å². The van der Waals surface area contributed by atoms with Gasteiger partial charge in [0.05, 0.1) is 6.04 Å². The number of ether oxygens (including phenoxy) is 1. The van der Waals surface area contributed by atoms with Crippen LogP contribution in [0.5, 0.6) is 0 Å². The smallest absolute Gasteiger partial charge is 0.302 e. The van der Waals surface area contributed by atoms with Crippen LogP contribution >= 0.6 is 0 Å². The molecule has 7 heteroatoms. The molecule has 0 radical (unpaired) electrons. The maximum atomic E-state index is 10.7. The van der Waals surface area contributed by atoms with Crippen LogP contribution in [-0.4, -0.2) is 34.4 Å². The number of carbonyl (C=O) groups excluding carboxylic acids is 1. The molecule has 5 N–H and O–H groups in total. The number of amidine groups is 1. The predicted molar refractivity (Wildman–Crippen MR) is 67.6 cm³/mol. The standard InChI is InChI=1S/C11H17N5O2/c1-7(6-18-8(2)17)16(14)11(13)9-4-3-5-10(12)15-9/h3-5,7,13H,6,14H2,1-2H3,(H2,12,15). The number of nitrogens with two attached hydrogens (primary N) is 2. The fourth-order valence-electron chi connectivity index (χ4n) is 1.25. The number of rotatable bonds is 4. The number of hydrazine groups is 1. The lowest BCUT2D eigenvalue weighted by Crippen LogP contribution is -2.46. The van der Waals surface area contributed by atoms with Crippen molar-refractivity contribution in [3.63, 3.8) is 0 Å². The number of pyridine rings is 1. The number of carbonyl (C=O) groups is 1. The summed E-state index contributed by atoms with van der Waals surface area (Å²) in [5.74, 6) is 5.71. The van der Waals surface area contributed by atoms with Gasteiger partial charge in [0.25, 0.3) is 0 Å². The van der Waals surface area contributed by atoms with E-state index in [1.165, 1.54) is 11.9 Å². The first-order chi connectivity index (χ1) is 8.41. The van der Waals surface area contributed by atoms with Crippen LogP contribution in [0.4, 0.5) is 5.82 Å². The molecule has 1 aromatic rings. The highest BCUT2D eigenvalue weighted by atomic mass is 16.5. The maximum absolute atomic E-state index is 10.7. The van der Waals surface area contributed by atoms with Crippen LogP contribution in [0.25, 0.3) is 0 Å². The third-order valence-electron chi connectivity index (χ3n) is 2.27. The summed E-state index contributed by atoms with van der Waals surface area (Å²) in [5, 5.41) is 9.08. The molecule has 0 saturated carbocycles. The number of anilines is 1. The highest BCUT2D eigenvalue weighted by molar-refractivity contribution is 5.94. The average Bonchev–Trinajstić information content (AvgIpc) is 2.34. The van der Waals surface area contributed by atoms with Crippen LogP contribution in [0.3, 0.4) is 0 Å². The van der Waals surface area contributed by atoms with Crippen molar-refractivity contribution in [2.45, 2.75) is 19.9 Å². The predicted octanol–water partition coefficient (Wildman–Crippen LogP) is 0.116. The lowest BCUT2D eigenvalue weighted by Gasteiger charge is -2.25. The summed E-state index contributed by atoms with van der Waals surface area (Å²) in [5.41, 5.74) is 5.90. The quantitative estimate of drug-likeness (QED) is 0.230. The number of aromatic nitrogens is 1. The molecule has 0 aromatic carbocycles. The van der Waals surface area contributed by atoms with Crippen molar-refractivity contribution in [2.75, 3.05) is 12.3 Å². The molecule has 0 amide bonds. The van der Waals surface area contributed by atoms with Gasteiger partial charge in [0.1, 0.15) is 18.1 Å². The second-order valence-electron chi connectivity index (χ2n) is 3.86. The second kappa shape index (κ2) is 5.97. The summed E-state index contributed by atoms with van der Waals surface area (Å²) < 4.78 is 4.83. The molecule has 0 fully saturated rings. The van der Waals surface area contributed by atoms with Crippen LogP contribution in [0.1, 0.15) is 19.5 Å². The number of esters is 1. The van der Waals surface area contributed by atoms with Crippen molar-refractivity contribution < 1.29 is 9.53 Å². The van der Waals surface area contributed by atoms with Gasteiger partial charge in [0.15, 0.2) is 5.84 Å². The molecule has 1 atom stereocenters. The third kappa shape index (κ3) is 3.70. The number of hydrogen-bond acceptors (Lipinski definition) is 6. The van der Waals surface area contributed by atoms with Crippen molar-refractivity contribution in [2.24, 2.45) is 5.84 Å². The monoisotopic (exact) mass is 251 g/mol. The Labute approximate surface area is 105 Å². The Kier molecular flexibility index (Phi) is 4.61. The second-order valence-corrected chi connectivity index (χ2v) is 3.86. The first kappa shape index (κ1) is 13.9. The van der Waals surface area contributed by atoms with Gasteiger partial charge >= 0.3 is 5.97 Å². The van der Waals surface area contributed by atoms with E-state index in [0.29, 0.717) is 11.5 Å². The summed E-state index contributed by atoms with van der Waals surface area (Å²) in [4.78, 5) is 14.7. The van der Waals surface area contributed by atoms with Crippen molar-refractivity contribution >= 4 is 17.6 Å². The van der Waals surface area contributed by atoms with Crippen LogP contribution in [0.2, 0.25) is 0 Å². The Morgan fingerprint density at radius 3 is 2.83 bits per heavy atom. The molecular weight excluding hydrogens is 234 g/mol. The molecule has 18 heavy (non-hydrogen) atoms. The van der Waals surface area contributed by atoms with Crippen LogP contribution < -0.4 is 11.6 Å². The molecule has 0 saturated heterocycles. The Morgan fingerprint density at radius 1 is 1.61 bits per heavy atom. The maximum Gasteiger partial charge on any atom is 0.302 e. The topological polar surface area (TPSA) is 118 Å². The zero-order valence-corrected chi connectivity index (χ0v) is 10.4. The molecule has 98 valence electrons. The van der Waals surface area contributed by atoms with Gasteiger partial charge in [-0.1, -0.05) is 6.07 Å². The minimum atomic E-state index is -0.385. The SMILES string of the molecule is CC(=O)OCC(C)N(N)C(=N)c1cccc(N)n1. The fraction of sp³-hybridized carbons (Fsp3) is 0.364. The van der Waals surface area contributed by atoms with Crippen molar-refractivity contribution in [1.82, 2.24) is 9.99 Å². The van der Waals surface area contributed by atoms with E-state index in [0.717, 1.165) is 0 Å². The summed E-state index contributed by atoms with van der Waals surface area (Å²) in [7, 11) is 0. The van der Waals surface area contributed by atoms with Gasteiger partial charge in [0.2, 0.25) is 0 Å². The molecule has 1 aromatic heterocycles. The normalized spacial score (nSPS) is 11.7. The molecule has 0 aliphatic heterocycles. The molecule has 1 rings (SSSR count). The molecule has 0 spiro atoms. The zero-order valence-electron chi connectivity index (χ0n) is 10.4. The van der Waals surface area contributed by atoms with Crippen LogP contribution in [0, 0.1) is 5.41 Å². The van der Waals surface area contributed by atoms with E-state index in [-0.39, 0.29) is 24.5 Å². The van der Waals surface area contributed by atoms with Gasteiger partial charge in [-0.05, 0) is 19.1 Å². The van der Waals surface area contributed by atoms with Gasteiger partial charge in [0, 0.05) is 6.92 Å². The van der Waals surface area contributed by atoms with Gasteiger partial charge in [-0.2, -0.15) is 0 Å². The first-order valence-corrected chi connectivity index (χ1v) is 5.40. The van der Waals surface area contributed by atoms with E-state index in [2.05, 4.69) is 4.98 Å². The summed E-state index contributed by atoms with van der Waals surface area (Å²) in [6.07, 6.45) is 0. The summed E-state index contributed by atoms with van der Waals surface area (Å²) in [6, 6.07) is 4.62. The van der Waals surface area contributed by atoms with E-state index in [1.54, 1.807) is 25.1 Å². The molecule has 0 bridgehead atoms. The van der Waals surface area contributed by atoms with E-state index in [1.807, 2.05) is 0 Å². The minimum absolute atomic E-state index is 0.0157. The Hall–Kier alpha value is -2.15. The molecule has 0 aliphatic carbocycles. The van der Waals surface area contributed by atoms with E-state index in [4.69, 9.17) is 21.7 Å². The Bertz CT molecular complexity index is 449. The first-order valence-electron chi connectivity index (χ1n) is 5.40. The molecular formula is C11H17N5O2. The van der Waals surface area contributed by atoms with E-state index < -0.39 is 0 Å². The molecule has 1 heterocycles. The van der Waals surface area contributed by atoms with Crippen molar-refractivity contribution in [1.29, 1.82) is 5.41 Å². The minimum Gasteiger partial charge on any atom is -0.464 e. The molecule has 7 nitrogen and oxygen atoms in total. The lowest BCUT2D eigenvalue weighted by molar-refractivity contribution is -0.142. The number of nitrogen functional groups attached to an aromatic ring is 1. The number of hydrogen-bond donors (Lipinski definition) is 3. The lowest BCUT2D eigenvalue weighted by atomic mass is 10.2. The van der Waals surface area contributed by atoms with Crippen LogP contribution in [0.15, 0.2) is 18.2 Å². The van der Waals surface area contributed by atoms with Gasteiger partial charge in [-0.15, -0.1) is 0 Å². The van der Waals surface area contributed by atoms with Gasteiger partial charge < -0.3 is 10.5 Å². The number of nitrogens with zero attached hydrogens (tertiary/aromatic N) is 2. The summed E-state index contributed by atoms with van der Waals surface area (Å²) >= 11 is 0. The van der Waals surface area contributed by atoms with Crippen LogP contribution in [-0.2, 0) is 9.53 Å².